The number of aryl methyl sites for hydroxylation is 1. The summed E-state index contributed by atoms with van der Waals surface area (Å²) >= 11 is 11.6. The number of pyridine rings is 1. The number of carbonyl (C=O) groups excluding carboxylic acids is 5. The van der Waals surface area contributed by atoms with Crippen LogP contribution in [0.15, 0.2) is 277 Å². The Hall–Kier alpha value is -15.1. The van der Waals surface area contributed by atoms with Crippen molar-refractivity contribution in [2.24, 2.45) is 0 Å². The van der Waals surface area contributed by atoms with Crippen LogP contribution in [0.4, 0.5) is 18.9 Å². The predicted molar refractivity (Wildman–Crippen MR) is 444 cm³/mol. The number of H-pyrrole nitrogens is 1. The molecule has 5 atom stereocenters. The standard InChI is InChI=1S/C21H17N3O.C19H16ClFN2O.C18H13ClF2N2O.C18H15N3O3.C15H14N4O/c1-15(16-7-3-2-4-8-16)24-21(25)18(14-22)13-17-11-12-23-20-10-6-5-9-19(17)20;1-12-8-9-17(20)16(18(12)21)10-15(11-22)19(24)23-13(2)14-6-4-3-5-7-14;1-11(12-5-3-2-4-6-12)23-18(24)13(10-22)9-14-16(20)8-7-15(19)17(14)21;1-13(15-5-3-2-4-6-15)20-18(22)16(12-19)11-14-7-9-17(10-8-14)21(23)24;1-11(12-5-3-2-4-6-12)19-15(20)13(10-16)9-14-17-7-8-18-14/h2-13,15H,1H3,(H,24,25);3-10,13H,1-2H3,(H,23,24);2-9,11H,1H3,(H,23,24);2-11,13H,1H3,(H,20,22);2-9,11H,1H3,(H,17,18)(H,19,20)/b18-13+;15-10+;13-9+;16-11+;13-9+/t15-;13-;11-;13-;11-/m00000/s1. The van der Waals surface area contributed by atoms with E-state index in [1.54, 1.807) is 62.8 Å². The highest BCUT2D eigenvalue weighted by atomic mass is 35.5. The molecule has 0 fully saturated rings. The molecular weight excluding hydrogens is 1530 g/mol. The molecule has 11 rings (SSSR count). The van der Waals surface area contributed by atoms with Gasteiger partial charge in [0, 0.05) is 53.3 Å². The van der Waals surface area contributed by atoms with E-state index in [0.717, 1.165) is 62.5 Å². The molecule has 0 aliphatic carbocycles. The summed E-state index contributed by atoms with van der Waals surface area (Å²) in [6.45, 7) is 10.7. The summed E-state index contributed by atoms with van der Waals surface area (Å²) < 4.78 is 41.8. The molecule has 0 radical (unpaired) electrons. The number of fused-ring (bicyclic) bond motifs is 1. The number of aromatic amines is 1. The second kappa shape index (κ2) is 45.4. The Kier molecular flexibility index (Phi) is 34.6. The normalized spacial score (nSPS) is 12.3. The highest BCUT2D eigenvalue weighted by Crippen LogP contribution is 2.28. The summed E-state index contributed by atoms with van der Waals surface area (Å²) in [6, 6.07) is 75.2. The summed E-state index contributed by atoms with van der Waals surface area (Å²) in [5.41, 5.74) is 6.06. The number of nitrogens with one attached hydrogen (secondary N) is 6. The van der Waals surface area contributed by atoms with Gasteiger partial charge < -0.3 is 31.6 Å². The Morgan fingerprint density at radius 2 is 0.778 bits per heavy atom. The van der Waals surface area contributed by atoms with Crippen molar-refractivity contribution in [3.8, 4) is 30.3 Å². The minimum absolute atomic E-state index is 0.0164. The highest BCUT2D eigenvalue weighted by Gasteiger charge is 2.22. The fraction of sp³-hybridized carbons (Fsp3) is 0.121. The second-order valence-electron chi connectivity index (χ2n) is 25.5. The number of halogens is 5. The smallest absolute Gasteiger partial charge is 0.269 e. The zero-order valence-corrected chi connectivity index (χ0v) is 65.3. The van der Waals surface area contributed by atoms with Gasteiger partial charge in [0.15, 0.2) is 5.82 Å². The summed E-state index contributed by atoms with van der Waals surface area (Å²) in [6.07, 6.45) is 11.3. The molecule has 117 heavy (non-hydrogen) atoms. The fourth-order valence-electron chi connectivity index (χ4n) is 10.8. The maximum Gasteiger partial charge on any atom is 0.269 e. The number of nitro groups is 1. The summed E-state index contributed by atoms with van der Waals surface area (Å²) in [7, 11) is 0. The molecule has 0 spiro atoms. The van der Waals surface area contributed by atoms with Gasteiger partial charge in [-0.2, -0.15) is 26.3 Å². The van der Waals surface area contributed by atoms with Gasteiger partial charge in [0.1, 0.15) is 75.7 Å². The summed E-state index contributed by atoms with van der Waals surface area (Å²) in [4.78, 5) is 82.4. The molecule has 21 nitrogen and oxygen atoms in total. The van der Waals surface area contributed by atoms with E-state index >= 15 is 0 Å². The fourth-order valence-corrected chi connectivity index (χ4v) is 11.1. The quantitative estimate of drug-likeness (QED) is 0.0128. The first-order valence-corrected chi connectivity index (χ1v) is 36.6. The number of non-ortho nitro benzene ring substituents is 1. The van der Waals surface area contributed by atoms with Crippen molar-refractivity contribution >= 4 is 99.7 Å². The number of nitriles is 5. The zero-order valence-electron chi connectivity index (χ0n) is 63.8. The molecule has 0 saturated carbocycles. The molecule has 9 aromatic carbocycles. The van der Waals surface area contributed by atoms with Crippen LogP contribution in [0.3, 0.4) is 0 Å². The van der Waals surface area contributed by atoms with Crippen LogP contribution in [0.5, 0.6) is 0 Å². The van der Waals surface area contributed by atoms with Crippen LogP contribution in [0.1, 0.15) is 126 Å². The van der Waals surface area contributed by atoms with Crippen LogP contribution in [0.25, 0.3) is 41.3 Å². The number of amides is 5. The maximum atomic E-state index is 14.2. The molecule has 6 N–H and O–H groups in total. The van der Waals surface area contributed by atoms with E-state index < -0.39 is 57.1 Å². The third-order valence-electron chi connectivity index (χ3n) is 17.2. The van der Waals surface area contributed by atoms with Gasteiger partial charge in [-0.3, -0.25) is 39.1 Å². The van der Waals surface area contributed by atoms with E-state index in [-0.39, 0.29) is 79.7 Å². The molecule has 2 heterocycles. The number of nitro benzene ring substituents is 1. The molecule has 26 heteroatoms. The number of imidazole rings is 1. The molecule has 586 valence electrons. The lowest BCUT2D eigenvalue weighted by molar-refractivity contribution is -0.384. The first-order chi connectivity index (χ1) is 56.3. The van der Waals surface area contributed by atoms with Gasteiger partial charge in [-0.05, 0) is 153 Å². The SMILES string of the molecule is C[C@H](NC(=O)/C(C#N)=C/c1c(F)ccc(Cl)c1F)c1ccccc1.C[C@H](NC(=O)/C(C#N)=C/c1ccc([N+](=O)[O-])cc1)c1ccccc1.C[C@H](NC(=O)/C(C#N)=C/c1ccnc2ccccc12)c1ccccc1.C[C@H](NC(=O)/C(C#N)=C/c1ncc[nH]1)c1ccccc1.Cc1ccc(Cl)c(/C=C(\C#N)C(=O)N[C@@H](C)c2ccccc2)c1F. The molecule has 0 saturated heterocycles. The summed E-state index contributed by atoms with van der Waals surface area (Å²) in [5, 5.41) is 71.2. The van der Waals surface area contributed by atoms with E-state index in [1.165, 1.54) is 48.6 Å². The van der Waals surface area contributed by atoms with Gasteiger partial charge in [0.25, 0.3) is 35.2 Å². The average molecular weight is 1600 g/mol. The van der Waals surface area contributed by atoms with Crippen LogP contribution >= 0.6 is 23.2 Å². The Balaban J connectivity index is 0.000000202. The van der Waals surface area contributed by atoms with Gasteiger partial charge in [0.05, 0.1) is 50.7 Å². The third-order valence-corrected chi connectivity index (χ3v) is 17.9. The number of benzene rings is 9. The van der Waals surface area contributed by atoms with Gasteiger partial charge in [-0.1, -0.05) is 199 Å². The number of rotatable bonds is 21. The van der Waals surface area contributed by atoms with Gasteiger partial charge in [-0.15, -0.1) is 0 Å². The van der Waals surface area contributed by atoms with Gasteiger partial charge in [-0.25, -0.2) is 18.2 Å². The Morgan fingerprint density at radius 3 is 1.16 bits per heavy atom. The maximum absolute atomic E-state index is 14.2. The molecule has 0 aliphatic heterocycles. The number of aromatic nitrogens is 3. The van der Waals surface area contributed by atoms with Crippen LogP contribution in [0.2, 0.25) is 10.0 Å². The highest BCUT2D eigenvalue weighted by molar-refractivity contribution is 6.32. The minimum Gasteiger partial charge on any atom is -0.345 e. The van der Waals surface area contributed by atoms with Crippen molar-refractivity contribution in [1.29, 1.82) is 26.3 Å². The topological polar surface area (TPSA) is 349 Å². The minimum atomic E-state index is -1.02. The van der Waals surface area contributed by atoms with E-state index in [9.17, 15) is 63.0 Å². The van der Waals surface area contributed by atoms with Gasteiger partial charge in [0.2, 0.25) is 0 Å². The first kappa shape index (κ1) is 89.1. The van der Waals surface area contributed by atoms with Crippen molar-refractivity contribution in [2.75, 3.05) is 0 Å². The molecule has 0 bridgehead atoms. The largest absolute Gasteiger partial charge is 0.345 e. The van der Waals surface area contributed by atoms with Crippen LogP contribution in [-0.4, -0.2) is 49.4 Å². The lowest BCUT2D eigenvalue weighted by Crippen LogP contribution is -2.27. The first-order valence-electron chi connectivity index (χ1n) is 35.8. The average Bonchev–Trinajstić information content (AvgIpc) is 1.12. The van der Waals surface area contributed by atoms with E-state index in [4.69, 9.17) is 33.7 Å². The van der Waals surface area contributed by atoms with Crippen molar-refractivity contribution in [2.45, 2.75) is 71.8 Å². The lowest BCUT2D eigenvalue weighted by atomic mass is 10.1. The number of hydrogen-bond acceptors (Lipinski definition) is 14. The zero-order chi connectivity index (χ0) is 84.9. The van der Waals surface area contributed by atoms with Crippen molar-refractivity contribution in [3.05, 3.63) is 376 Å². The molecule has 11 aromatic rings. The number of hydrogen-bond donors (Lipinski definition) is 6. The molecule has 0 aliphatic rings. The number of para-hydroxylation sites is 1. The number of nitrogens with zero attached hydrogens (tertiary/aromatic N) is 8. The molecule has 2 aromatic heterocycles. The van der Waals surface area contributed by atoms with Gasteiger partial charge >= 0.3 is 0 Å². The van der Waals surface area contributed by atoms with Crippen molar-refractivity contribution in [1.82, 2.24) is 41.5 Å². The lowest BCUT2D eigenvalue weighted by Gasteiger charge is -2.14. The Morgan fingerprint density at radius 1 is 0.419 bits per heavy atom. The van der Waals surface area contributed by atoms with E-state index in [2.05, 4.69) is 41.5 Å². The third kappa shape index (κ3) is 27.1. The summed E-state index contributed by atoms with van der Waals surface area (Å²) in [5.74, 6) is -4.60. The Bertz CT molecular complexity index is 5560. The van der Waals surface area contributed by atoms with Crippen LogP contribution < -0.4 is 26.6 Å². The molecule has 0 unspecified atom stereocenters. The number of carbonyl (C=O) groups is 5. The van der Waals surface area contributed by atoms with E-state index in [1.807, 2.05) is 222 Å². The molecule has 5 amide bonds. The van der Waals surface area contributed by atoms with Crippen LogP contribution in [-0.2, 0) is 24.0 Å². The second-order valence-corrected chi connectivity index (χ2v) is 26.3. The molecular formula is C91H75Cl2F3N14O7. The van der Waals surface area contributed by atoms with Crippen LogP contribution in [0, 0.1) is 91.1 Å². The van der Waals surface area contributed by atoms with E-state index in [0.29, 0.717) is 17.0 Å². The predicted octanol–water partition coefficient (Wildman–Crippen LogP) is 18.6. The monoisotopic (exact) mass is 1600 g/mol. The Labute approximate surface area is 683 Å². The van der Waals surface area contributed by atoms with Crippen molar-refractivity contribution in [3.63, 3.8) is 0 Å². The van der Waals surface area contributed by atoms with Crippen molar-refractivity contribution < 1.29 is 42.1 Å².